The lowest BCUT2D eigenvalue weighted by Gasteiger charge is -2.32. The molecule has 15 heavy (non-hydrogen) atoms. The summed E-state index contributed by atoms with van der Waals surface area (Å²) in [5.74, 6) is 1.13. The standard InChI is InChI=1S/C13H20N2/c1-11-8-9-14-13(10-11)15(2)12-6-4-3-5-7-12/h8-10,12H,3-7H2,1-2H3. The van der Waals surface area contributed by atoms with Gasteiger partial charge in [0, 0.05) is 19.3 Å². The van der Waals surface area contributed by atoms with E-state index in [4.69, 9.17) is 0 Å². The van der Waals surface area contributed by atoms with Gasteiger partial charge in [0.2, 0.25) is 0 Å². The Morgan fingerprint density at radius 3 is 2.67 bits per heavy atom. The topological polar surface area (TPSA) is 16.1 Å². The van der Waals surface area contributed by atoms with E-state index in [2.05, 4.69) is 36.0 Å². The number of nitrogens with zero attached hydrogens (tertiary/aromatic N) is 2. The molecule has 0 aromatic carbocycles. The average Bonchev–Trinajstić information content (AvgIpc) is 2.29. The summed E-state index contributed by atoms with van der Waals surface area (Å²) in [4.78, 5) is 6.79. The Morgan fingerprint density at radius 2 is 2.00 bits per heavy atom. The Morgan fingerprint density at radius 1 is 1.27 bits per heavy atom. The van der Waals surface area contributed by atoms with Gasteiger partial charge in [0.05, 0.1) is 0 Å². The molecule has 2 rings (SSSR count). The first-order chi connectivity index (χ1) is 7.27. The molecule has 1 aliphatic rings. The highest BCUT2D eigenvalue weighted by Crippen LogP contribution is 2.24. The van der Waals surface area contributed by atoms with Gasteiger partial charge in [-0.15, -0.1) is 0 Å². The first-order valence-corrected chi connectivity index (χ1v) is 5.93. The minimum atomic E-state index is 0.702. The molecule has 1 fully saturated rings. The summed E-state index contributed by atoms with van der Waals surface area (Å²) in [5.41, 5.74) is 1.29. The second-order valence-electron chi connectivity index (χ2n) is 4.59. The Labute approximate surface area is 92.3 Å². The van der Waals surface area contributed by atoms with Crippen molar-refractivity contribution in [3.63, 3.8) is 0 Å². The lowest BCUT2D eigenvalue weighted by Crippen LogP contribution is -2.33. The van der Waals surface area contributed by atoms with E-state index in [9.17, 15) is 0 Å². The van der Waals surface area contributed by atoms with Crippen molar-refractivity contribution in [2.45, 2.75) is 45.1 Å². The highest BCUT2D eigenvalue weighted by molar-refractivity contribution is 5.40. The van der Waals surface area contributed by atoms with Crippen LogP contribution in [0.4, 0.5) is 5.82 Å². The van der Waals surface area contributed by atoms with Crippen LogP contribution in [0.15, 0.2) is 18.3 Å². The van der Waals surface area contributed by atoms with E-state index < -0.39 is 0 Å². The summed E-state index contributed by atoms with van der Waals surface area (Å²) in [6, 6.07) is 4.93. The van der Waals surface area contributed by atoms with Crippen molar-refractivity contribution in [1.29, 1.82) is 0 Å². The molecular formula is C13H20N2. The number of rotatable bonds is 2. The first kappa shape index (κ1) is 10.5. The largest absolute Gasteiger partial charge is 0.357 e. The SMILES string of the molecule is Cc1ccnc(N(C)C2CCCCC2)c1. The molecule has 1 saturated carbocycles. The number of pyridine rings is 1. The third-order valence-electron chi connectivity index (χ3n) is 3.38. The molecule has 0 saturated heterocycles. The van der Waals surface area contributed by atoms with Crippen LogP contribution in [0.25, 0.3) is 0 Å². The van der Waals surface area contributed by atoms with Gasteiger partial charge in [-0.25, -0.2) is 4.98 Å². The molecule has 0 amide bonds. The summed E-state index contributed by atoms with van der Waals surface area (Å²) in [5, 5.41) is 0. The highest BCUT2D eigenvalue weighted by atomic mass is 15.2. The van der Waals surface area contributed by atoms with Crippen molar-refractivity contribution in [3.05, 3.63) is 23.9 Å². The van der Waals surface area contributed by atoms with Gasteiger partial charge in [-0.2, -0.15) is 0 Å². The van der Waals surface area contributed by atoms with Gasteiger partial charge in [0.25, 0.3) is 0 Å². The molecular weight excluding hydrogens is 184 g/mol. The number of aryl methyl sites for hydroxylation is 1. The van der Waals surface area contributed by atoms with Gasteiger partial charge >= 0.3 is 0 Å². The van der Waals surface area contributed by atoms with E-state index >= 15 is 0 Å². The lowest BCUT2D eigenvalue weighted by atomic mass is 9.94. The fraction of sp³-hybridized carbons (Fsp3) is 0.615. The van der Waals surface area contributed by atoms with Crippen LogP contribution in [-0.2, 0) is 0 Å². The van der Waals surface area contributed by atoms with Crippen molar-refractivity contribution in [3.8, 4) is 0 Å². The molecule has 2 heteroatoms. The van der Waals surface area contributed by atoms with Crippen LogP contribution in [0.5, 0.6) is 0 Å². The van der Waals surface area contributed by atoms with Gasteiger partial charge in [-0.1, -0.05) is 19.3 Å². The van der Waals surface area contributed by atoms with Gasteiger partial charge in [-0.05, 0) is 37.5 Å². The molecule has 0 unspecified atom stereocenters. The zero-order valence-electron chi connectivity index (χ0n) is 9.74. The maximum atomic E-state index is 4.44. The van der Waals surface area contributed by atoms with Crippen molar-refractivity contribution in [2.75, 3.05) is 11.9 Å². The Balaban J connectivity index is 2.08. The Hall–Kier alpha value is -1.05. The van der Waals surface area contributed by atoms with Crippen molar-refractivity contribution in [2.24, 2.45) is 0 Å². The normalized spacial score (nSPS) is 17.7. The molecule has 82 valence electrons. The van der Waals surface area contributed by atoms with Crippen LogP contribution >= 0.6 is 0 Å². The highest BCUT2D eigenvalue weighted by Gasteiger charge is 2.18. The minimum Gasteiger partial charge on any atom is -0.357 e. The maximum absolute atomic E-state index is 4.44. The van der Waals surface area contributed by atoms with E-state index in [-0.39, 0.29) is 0 Å². The van der Waals surface area contributed by atoms with Crippen molar-refractivity contribution in [1.82, 2.24) is 4.98 Å². The summed E-state index contributed by atoms with van der Waals surface area (Å²) >= 11 is 0. The van der Waals surface area contributed by atoms with Crippen molar-refractivity contribution >= 4 is 5.82 Å². The molecule has 1 aromatic heterocycles. The monoisotopic (exact) mass is 204 g/mol. The summed E-state index contributed by atoms with van der Waals surface area (Å²) < 4.78 is 0. The third kappa shape index (κ3) is 2.49. The van der Waals surface area contributed by atoms with Gasteiger partial charge in [0.15, 0.2) is 0 Å². The fourth-order valence-corrected chi connectivity index (χ4v) is 2.37. The Bertz CT molecular complexity index is 316. The van der Waals surface area contributed by atoms with E-state index in [1.165, 1.54) is 37.7 Å². The summed E-state index contributed by atoms with van der Waals surface area (Å²) in [6.45, 7) is 2.12. The second kappa shape index (κ2) is 4.65. The molecule has 1 heterocycles. The van der Waals surface area contributed by atoms with Crippen LogP contribution in [0, 0.1) is 6.92 Å². The van der Waals surface area contributed by atoms with E-state index in [0.29, 0.717) is 6.04 Å². The molecule has 1 aromatic rings. The molecule has 1 aliphatic carbocycles. The molecule has 0 N–H and O–H groups in total. The van der Waals surface area contributed by atoms with Gasteiger partial charge in [0.1, 0.15) is 5.82 Å². The molecule has 0 radical (unpaired) electrons. The van der Waals surface area contributed by atoms with Crippen LogP contribution in [0.2, 0.25) is 0 Å². The van der Waals surface area contributed by atoms with E-state index in [1.807, 2.05) is 6.20 Å². The van der Waals surface area contributed by atoms with Gasteiger partial charge in [-0.3, -0.25) is 0 Å². The molecule has 0 bridgehead atoms. The van der Waals surface area contributed by atoms with Crippen molar-refractivity contribution < 1.29 is 0 Å². The number of hydrogen-bond donors (Lipinski definition) is 0. The summed E-state index contributed by atoms with van der Waals surface area (Å²) in [7, 11) is 2.18. The molecule has 0 spiro atoms. The zero-order chi connectivity index (χ0) is 10.7. The van der Waals surface area contributed by atoms with Gasteiger partial charge < -0.3 is 4.90 Å². The predicted octanol–water partition coefficient (Wildman–Crippen LogP) is 3.16. The molecule has 0 atom stereocenters. The zero-order valence-corrected chi connectivity index (χ0v) is 9.74. The van der Waals surface area contributed by atoms with E-state index in [0.717, 1.165) is 5.82 Å². The molecule has 2 nitrogen and oxygen atoms in total. The van der Waals surface area contributed by atoms with Crippen LogP contribution in [0.3, 0.4) is 0 Å². The first-order valence-electron chi connectivity index (χ1n) is 5.93. The third-order valence-corrected chi connectivity index (χ3v) is 3.38. The number of anilines is 1. The average molecular weight is 204 g/mol. The minimum absolute atomic E-state index is 0.702. The predicted molar refractivity (Wildman–Crippen MR) is 64.3 cm³/mol. The van der Waals surface area contributed by atoms with Crippen LogP contribution in [-0.4, -0.2) is 18.1 Å². The van der Waals surface area contributed by atoms with E-state index in [1.54, 1.807) is 0 Å². The fourth-order valence-electron chi connectivity index (χ4n) is 2.37. The van der Waals surface area contributed by atoms with Crippen LogP contribution in [0.1, 0.15) is 37.7 Å². The summed E-state index contributed by atoms with van der Waals surface area (Å²) in [6.07, 6.45) is 8.72. The number of hydrogen-bond acceptors (Lipinski definition) is 2. The molecule has 0 aliphatic heterocycles. The Kier molecular flexibility index (Phi) is 3.24. The van der Waals surface area contributed by atoms with Crippen LogP contribution < -0.4 is 4.90 Å². The maximum Gasteiger partial charge on any atom is 0.128 e. The quantitative estimate of drug-likeness (QED) is 0.735. The second-order valence-corrected chi connectivity index (χ2v) is 4.59. The smallest absolute Gasteiger partial charge is 0.128 e. The number of aromatic nitrogens is 1. The lowest BCUT2D eigenvalue weighted by molar-refractivity contribution is 0.426.